The molecule has 7 heteroatoms. The number of carboxylic acids is 1. The van der Waals surface area contributed by atoms with Crippen molar-refractivity contribution in [1.82, 2.24) is 4.57 Å². The molecule has 1 aromatic heterocycles. The Kier molecular flexibility index (Phi) is 5.82. The Morgan fingerprint density at radius 2 is 1.85 bits per heavy atom. The molecule has 0 fully saturated rings. The molecule has 138 valence electrons. The molecule has 0 aliphatic heterocycles. The molecular weight excluding hydrogens is 338 g/mol. The van der Waals surface area contributed by atoms with Crippen molar-refractivity contribution < 1.29 is 29.0 Å². The number of ketones is 1. The lowest BCUT2D eigenvalue weighted by Gasteiger charge is -2.09. The van der Waals surface area contributed by atoms with Crippen molar-refractivity contribution in [2.45, 2.75) is 20.3 Å². The lowest BCUT2D eigenvalue weighted by Crippen LogP contribution is -2.14. The first-order valence-electron chi connectivity index (χ1n) is 8.08. The van der Waals surface area contributed by atoms with E-state index in [4.69, 9.17) is 9.47 Å². The minimum Gasteiger partial charge on any atom is -0.493 e. The van der Waals surface area contributed by atoms with E-state index in [1.54, 1.807) is 32.0 Å². The van der Waals surface area contributed by atoms with E-state index in [1.165, 1.54) is 18.7 Å². The Labute approximate surface area is 151 Å². The van der Waals surface area contributed by atoms with Crippen LogP contribution in [0.2, 0.25) is 0 Å². The van der Waals surface area contributed by atoms with Gasteiger partial charge in [0, 0.05) is 18.3 Å². The van der Waals surface area contributed by atoms with Gasteiger partial charge in [-0.2, -0.15) is 0 Å². The van der Waals surface area contributed by atoms with Crippen molar-refractivity contribution in [3.63, 3.8) is 0 Å². The molecule has 0 amide bonds. The van der Waals surface area contributed by atoms with Gasteiger partial charge in [-0.1, -0.05) is 24.3 Å². The highest BCUT2D eigenvalue weighted by molar-refractivity contribution is 6.13. The van der Waals surface area contributed by atoms with Gasteiger partial charge in [-0.05, 0) is 19.4 Å². The molecule has 0 bridgehead atoms. The number of nitrogens with zero attached hydrogens (tertiary/aromatic N) is 1. The number of aromatic nitrogens is 1. The molecule has 0 aliphatic carbocycles. The standard InChI is InChI=1S/C19H21NO6/c1-5-26-19(24)15-13(10-14(21)22)20(3)16(18(15)25-4)17(23)12-9-7-6-8-11(12)2/h6-9H,5,10H2,1-4H3,(H,21,22). The summed E-state index contributed by atoms with van der Waals surface area (Å²) in [5.74, 6) is -2.19. The average molecular weight is 359 g/mol. The first kappa shape index (κ1) is 19.2. The second-order valence-corrected chi connectivity index (χ2v) is 5.70. The summed E-state index contributed by atoms with van der Waals surface area (Å²) < 4.78 is 11.8. The van der Waals surface area contributed by atoms with Crippen molar-refractivity contribution in [3.8, 4) is 5.75 Å². The molecule has 0 aliphatic rings. The number of hydrogen-bond donors (Lipinski definition) is 1. The van der Waals surface area contributed by atoms with Crippen molar-refractivity contribution in [1.29, 1.82) is 0 Å². The molecule has 26 heavy (non-hydrogen) atoms. The Morgan fingerprint density at radius 3 is 2.38 bits per heavy atom. The fraction of sp³-hybridized carbons (Fsp3) is 0.316. The summed E-state index contributed by atoms with van der Waals surface area (Å²) in [6.07, 6.45) is -0.442. The van der Waals surface area contributed by atoms with Gasteiger partial charge in [0.2, 0.25) is 5.78 Å². The molecule has 1 aromatic carbocycles. The summed E-state index contributed by atoms with van der Waals surface area (Å²) in [4.78, 5) is 36.8. The summed E-state index contributed by atoms with van der Waals surface area (Å²) in [5.41, 5.74) is 1.45. The third-order valence-corrected chi connectivity index (χ3v) is 4.08. The molecule has 1 heterocycles. The minimum absolute atomic E-state index is 0.0236. The SMILES string of the molecule is CCOC(=O)c1c(OC)c(C(=O)c2ccccc2C)n(C)c1CC(=O)O. The van der Waals surface area contributed by atoms with Crippen molar-refractivity contribution in [3.05, 3.63) is 52.3 Å². The van der Waals surface area contributed by atoms with Gasteiger partial charge in [-0.15, -0.1) is 0 Å². The molecule has 7 nitrogen and oxygen atoms in total. The van der Waals surface area contributed by atoms with Gasteiger partial charge in [-0.25, -0.2) is 4.79 Å². The summed E-state index contributed by atoms with van der Waals surface area (Å²) in [5, 5.41) is 9.21. The quantitative estimate of drug-likeness (QED) is 0.602. The van der Waals surface area contributed by atoms with Gasteiger partial charge in [0.25, 0.3) is 0 Å². The maximum absolute atomic E-state index is 13.1. The number of hydrogen-bond acceptors (Lipinski definition) is 5. The molecule has 0 atom stereocenters. The van der Waals surface area contributed by atoms with E-state index in [-0.39, 0.29) is 35.1 Å². The summed E-state index contributed by atoms with van der Waals surface area (Å²) in [6.45, 7) is 3.56. The van der Waals surface area contributed by atoms with Crippen LogP contribution in [0.1, 0.15) is 44.6 Å². The number of aliphatic carboxylic acids is 1. The topological polar surface area (TPSA) is 94.8 Å². The van der Waals surface area contributed by atoms with E-state index < -0.39 is 18.4 Å². The van der Waals surface area contributed by atoms with E-state index in [2.05, 4.69) is 0 Å². The van der Waals surface area contributed by atoms with E-state index in [0.717, 1.165) is 5.56 Å². The molecule has 0 spiro atoms. The number of ether oxygens (including phenoxy) is 2. The molecule has 1 N–H and O–H groups in total. The summed E-state index contributed by atoms with van der Waals surface area (Å²) >= 11 is 0. The van der Waals surface area contributed by atoms with Gasteiger partial charge in [-0.3, -0.25) is 9.59 Å². The van der Waals surface area contributed by atoms with E-state index in [9.17, 15) is 19.5 Å². The zero-order valence-corrected chi connectivity index (χ0v) is 15.2. The van der Waals surface area contributed by atoms with Crippen LogP contribution in [0.25, 0.3) is 0 Å². The number of esters is 1. The first-order valence-corrected chi connectivity index (χ1v) is 8.08. The molecular formula is C19H21NO6. The average Bonchev–Trinajstić information content (AvgIpc) is 2.86. The van der Waals surface area contributed by atoms with Crippen LogP contribution in [0.15, 0.2) is 24.3 Å². The third-order valence-electron chi connectivity index (χ3n) is 4.08. The van der Waals surface area contributed by atoms with Crippen molar-refractivity contribution in [2.75, 3.05) is 13.7 Å². The molecule has 0 saturated carbocycles. The molecule has 2 aromatic rings. The van der Waals surface area contributed by atoms with Gasteiger partial charge in [0.15, 0.2) is 5.75 Å². The highest BCUT2D eigenvalue weighted by Crippen LogP contribution is 2.33. The van der Waals surface area contributed by atoms with Gasteiger partial charge >= 0.3 is 11.9 Å². The van der Waals surface area contributed by atoms with Crippen LogP contribution in [0.4, 0.5) is 0 Å². The van der Waals surface area contributed by atoms with Crippen LogP contribution >= 0.6 is 0 Å². The zero-order chi connectivity index (χ0) is 19.4. The van der Waals surface area contributed by atoms with Crippen molar-refractivity contribution in [2.24, 2.45) is 7.05 Å². The van der Waals surface area contributed by atoms with Crippen LogP contribution in [0.5, 0.6) is 5.75 Å². The molecule has 0 radical (unpaired) electrons. The highest BCUT2D eigenvalue weighted by atomic mass is 16.5. The predicted molar refractivity (Wildman–Crippen MR) is 93.9 cm³/mol. The lowest BCUT2D eigenvalue weighted by atomic mass is 10.0. The van der Waals surface area contributed by atoms with Crippen LogP contribution < -0.4 is 4.74 Å². The zero-order valence-electron chi connectivity index (χ0n) is 15.2. The smallest absolute Gasteiger partial charge is 0.343 e. The maximum Gasteiger partial charge on any atom is 0.343 e. The minimum atomic E-state index is -1.13. The predicted octanol–water partition coefficient (Wildman–Crippen LogP) is 2.38. The number of methoxy groups -OCH3 is 1. The van der Waals surface area contributed by atoms with E-state index in [0.29, 0.717) is 5.56 Å². The number of carbonyl (C=O) groups is 3. The number of rotatable bonds is 7. The largest absolute Gasteiger partial charge is 0.493 e. The van der Waals surface area contributed by atoms with Gasteiger partial charge < -0.3 is 19.1 Å². The fourth-order valence-electron chi connectivity index (χ4n) is 2.88. The van der Waals surface area contributed by atoms with E-state index >= 15 is 0 Å². The monoisotopic (exact) mass is 359 g/mol. The van der Waals surface area contributed by atoms with E-state index in [1.807, 2.05) is 6.07 Å². The Hall–Kier alpha value is -3.09. The second kappa shape index (κ2) is 7.86. The molecule has 0 saturated heterocycles. The highest BCUT2D eigenvalue weighted by Gasteiger charge is 2.32. The Bertz CT molecular complexity index is 865. The third kappa shape index (κ3) is 3.46. The van der Waals surface area contributed by atoms with Crippen LogP contribution in [0.3, 0.4) is 0 Å². The Balaban J connectivity index is 2.73. The van der Waals surface area contributed by atoms with Crippen LogP contribution in [-0.4, -0.2) is 41.1 Å². The normalized spacial score (nSPS) is 10.5. The summed E-state index contributed by atoms with van der Waals surface area (Å²) in [6, 6.07) is 7.02. The molecule has 2 rings (SSSR count). The number of carbonyl (C=O) groups excluding carboxylic acids is 2. The lowest BCUT2D eigenvalue weighted by molar-refractivity contribution is -0.136. The van der Waals surface area contributed by atoms with Crippen LogP contribution in [-0.2, 0) is 23.0 Å². The van der Waals surface area contributed by atoms with Gasteiger partial charge in [0.05, 0.1) is 20.1 Å². The Morgan fingerprint density at radius 1 is 1.19 bits per heavy atom. The number of benzene rings is 1. The number of carboxylic acid groups (broad SMARTS) is 1. The molecule has 0 unspecified atom stereocenters. The number of aryl methyl sites for hydroxylation is 1. The van der Waals surface area contributed by atoms with Gasteiger partial charge in [0.1, 0.15) is 11.3 Å². The summed E-state index contributed by atoms with van der Waals surface area (Å²) in [7, 11) is 2.87. The second-order valence-electron chi connectivity index (χ2n) is 5.70. The fourth-order valence-corrected chi connectivity index (χ4v) is 2.88. The van der Waals surface area contributed by atoms with Crippen LogP contribution in [0, 0.1) is 6.92 Å². The maximum atomic E-state index is 13.1. The first-order chi connectivity index (χ1) is 12.3. The van der Waals surface area contributed by atoms with Crippen molar-refractivity contribution >= 4 is 17.7 Å².